The van der Waals surface area contributed by atoms with Crippen LogP contribution in [0.15, 0.2) is 36.5 Å². The van der Waals surface area contributed by atoms with Crippen molar-refractivity contribution < 1.29 is 28.4 Å². The largest absolute Gasteiger partial charge is 0.472 e. The third-order valence-electron chi connectivity index (χ3n) is 9.44. The summed E-state index contributed by atoms with van der Waals surface area (Å²) >= 11 is 0. The van der Waals surface area contributed by atoms with E-state index < -0.39 is 20.0 Å². The highest BCUT2D eigenvalue weighted by Crippen LogP contribution is 2.43. The van der Waals surface area contributed by atoms with E-state index >= 15 is 0 Å². The van der Waals surface area contributed by atoms with Gasteiger partial charge in [-0.1, -0.05) is 172 Å². The molecule has 0 saturated carbocycles. The van der Waals surface area contributed by atoms with Crippen LogP contribution in [0.25, 0.3) is 0 Å². The van der Waals surface area contributed by atoms with Crippen LogP contribution >= 0.6 is 7.82 Å². The first-order chi connectivity index (χ1) is 25.4. The van der Waals surface area contributed by atoms with Gasteiger partial charge < -0.3 is 21.1 Å². The van der Waals surface area contributed by atoms with Crippen molar-refractivity contribution in [2.45, 2.75) is 212 Å². The highest BCUT2D eigenvalue weighted by atomic mass is 31.2. The van der Waals surface area contributed by atoms with Gasteiger partial charge in [-0.2, -0.15) is 0 Å². The number of carbonyl (C=O) groups is 1. The molecule has 0 aromatic carbocycles. The Hall–Kier alpha value is -1.28. The zero-order valence-electron chi connectivity index (χ0n) is 33.8. The minimum atomic E-state index is -4.34. The fourth-order valence-electron chi connectivity index (χ4n) is 6.14. The highest BCUT2D eigenvalue weighted by molar-refractivity contribution is 7.47. The van der Waals surface area contributed by atoms with Gasteiger partial charge in [0.1, 0.15) is 0 Å². The molecule has 0 bridgehead atoms. The van der Waals surface area contributed by atoms with E-state index in [4.69, 9.17) is 14.8 Å². The second kappa shape index (κ2) is 39.4. The highest BCUT2D eigenvalue weighted by Gasteiger charge is 2.26. The Morgan fingerprint density at radius 2 is 1.02 bits per heavy atom. The van der Waals surface area contributed by atoms with Crippen molar-refractivity contribution in [3.05, 3.63) is 36.5 Å². The van der Waals surface area contributed by atoms with Crippen molar-refractivity contribution >= 4 is 13.7 Å². The smallest absolute Gasteiger partial charge is 0.387 e. The second-order valence-electron chi connectivity index (χ2n) is 14.5. The number of hydrogen-bond donors (Lipinski definition) is 4. The number of phosphoric acid groups is 1. The van der Waals surface area contributed by atoms with Crippen molar-refractivity contribution in [3.63, 3.8) is 0 Å². The van der Waals surface area contributed by atoms with Gasteiger partial charge in [0, 0.05) is 13.0 Å². The maximum absolute atomic E-state index is 12.7. The van der Waals surface area contributed by atoms with Crippen LogP contribution in [0, 0.1) is 0 Å². The van der Waals surface area contributed by atoms with Gasteiger partial charge in [0.05, 0.1) is 25.4 Å². The summed E-state index contributed by atoms with van der Waals surface area (Å²) in [6.07, 6.45) is 46.4. The Bertz CT molecular complexity index is 912. The molecule has 8 nitrogen and oxygen atoms in total. The van der Waals surface area contributed by atoms with E-state index in [1.165, 1.54) is 141 Å². The Morgan fingerprint density at radius 3 is 1.50 bits per heavy atom. The number of phosphoric ester groups is 1. The van der Waals surface area contributed by atoms with Crippen molar-refractivity contribution in [2.75, 3.05) is 19.8 Å². The van der Waals surface area contributed by atoms with Crippen LogP contribution in [-0.4, -0.2) is 47.8 Å². The summed E-state index contributed by atoms with van der Waals surface area (Å²) in [4.78, 5) is 22.6. The zero-order chi connectivity index (χ0) is 38.2. The molecule has 0 aromatic rings. The van der Waals surface area contributed by atoms with Crippen molar-refractivity contribution in [1.29, 1.82) is 0 Å². The molecule has 0 aliphatic carbocycles. The SMILES string of the molecule is CCCCCC/C=C/CC/C=C/C(O)C(COP(=O)(O)OCCN)NC(=O)CCCCCCCCCCCCC/C=C\CCCCCCCCCC. The van der Waals surface area contributed by atoms with E-state index in [1.807, 2.05) is 6.08 Å². The lowest BCUT2D eigenvalue weighted by atomic mass is 10.0. The van der Waals surface area contributed by atoms with Gasteiger partial charge in [-0.3, -0.25) is 13.8 Å². The van der Waals surface area contributed by atoms with Gasteiger partial charge in [-0.05, 0) is 57.8 Å². The first-order valence-electron chi connectivity index (χ1n) is 21.6. The average Bonchev–Trinajstić information content (AvgIpc) is 3.13. The minimum Gasteiger partial charge on any atom is -0.387 e. The molecule has 0 aromatic heterocycles. The molecule has 9 heteroatoms. The normalized spacial score (nSPS) is 14.5. The molecule has 52 heavy (non-hydrogen) atoms. The molecule has 0 saturated heterocycles. The molecule has 0 rings (SSSR count). The molecule has 3 atom stereocenters. The van der Waals surface area contributed by atoms with E-state index in [9.17, 15) is 19.4 Å². The Balaban J connectivity index is 4.08. The number of aliphatic hydroxyl groups is 1. The van der Waals surface area contributed by atoms with Crippen LogP contribution in [0.4, 0.5) is 0 Å². The van der Waals surface area contributed by atoms with Crippen LogP contribution in [-0.2, 0) is 18.4 Å². The minimum absolute atomic E-state index is 0.0738. The first kappa shape index (κ1) is 50.7. The molecule has 5 N–H and O–H groups in total. The molecule has 0 spiro atoms. The van der Waals surface area contributed by atoms with E-state index in [0.29, 0.717) is 6.42 Å². The number of hydrogen-bond acceptors (Lipinski definition) is 6. The summed E-state index contributed by atoms with van der Waals surface area (Å²) in [6.45, 7) is 4.07. The fourth-order valence-corrected chi connectivity index (χ4v) is 6.90. The summed E-state index contributed by atoms with van der Waals surface area (Å²) in [6, 6.07) is -0.874. The zero-order valence-corrected chi connectivity index (χ0v) is 34.7. The summed E-state index contributed by atoms with van der Waals surface area (Å²) in [5.41, 5.74) is 5.36. The summed E-state index contributed by atoms with van der Waals surface area (Å²) < 4.78 is 22.0. The lowest BCUT2D eigenvalue weighted by Gasteiger charge is -2.23. The lowest BCUT2D eigenvalue weighted by molar-refractivity contribution is -0.123. The predicted octanol–water partition coefficient (Wildman–Crippen LogP) is 11.9. The van der Waals surface area contributed by atoms with Gasteiger partial charge in [-0.25, -0.2) is 4.57 Å². The van der Waals surface area contributed by atoms with E-state index in [-0.39, 0.29) is 25.7 Å². The number of nitrogens with two attached hydrogens (primary N) is 1. The predicted molar refractivity (Wildman–Crippen MR) is 221 cm³/mol. The maximum Gasteiger partial charge on any atom is 0.472 e. The number of aliphatic hydroxyl groups excluding tert-OH is 1. The van der Waals surface area contributed by atoms with Crippen LogP contribution in [0.2, 0.25) is 0 Å². The molecule has 3 unspecified atom stereocenters. The van der Waals surface area contributed by atoms with E-state index in [1.54, 1.807) is 6.08 Å². The first-order valence-corrected chi connectivity index (χ1v) is 23.1. The number of allylic oxidation sites excluding steroid dienone is 5. The number of nitrogens with one attached hydrogen (secondary N) is 1. The summed E-state index contributed by atoms with van der Waals surface area (Å²) in [5.74, 6) is -0.207. The van der Waals surface area contributed by atoms with Gasteiger partial charge in [-0.15, -0.1) is 0 Å². The number of amides is 1. The van der Waals surface area contributed by atoms with Crippen LogP contribution in [0.5, 0.6) is 0 Å². The molecular weight excluding hydrogens is 671 g/mol. The van der Waals surface area contributed by atoms with E-state index in [0.717, 1.165) is 38.5 Å². The van der Waals surface area contributed by atoms with Gasteiger partial charge in [0.25, 0.3) is 0 Å². The number of rotatable bonds is 40. The molecule has 0 aliphatic rings. The van der Waals surface area contributed by atoms with Crippen molar-refractivity contribution in [3.8, 4) is 0 Å². The van der Waals surface area contributed by atoms with Crippen molar-refractivity contribution in [1.82, 2.24) is 5.32 Å². The van der Waals surface area contributed by atoms with Crippen LogP contribution < -0.4 is 11.1 Å². The van der Waals surface area contributed by atoms with Crippen molar-refractivity contribution in [2.24, 2.45) is 5.73 Å². The average molecular weight is 755 g/mol. The van der Waals surface area contributed by atoms with Gasteiger partial charge in [0.2, 0.25) is 5.91 Å². The topological polar surface area (TPSA) is 131 Å². The third kappa shape index (κ3) is 37.1. The molecule has 0 heterocycles. The summed E-state index contributed by atoms with van der Waals surface area (Å²) in [5, 5.41) is 13.6. The monoisotopic (exact) mass is 755 g/mol. The number of carbonyl (C=O) groups excluding carboxylic acids is 1. The van der Waals surface area contributed by atoms with E-state index in [2.05, 4.69) is 43.5 Å². The molecule has 1 amide bonds. The Morgan fingerprint density at radius 1 is 0.615 bits per heavy atom. The molecule has 306 valence electrons. The molecular formula is C43H83N2O6P. The molecule has 0 fully saturated rings. The van der Waals surface area contributed by atoms with Gasteiger partial charge >= 0.3 is 7.82 Å². The summed E-state index contributed by atoms with van der Waals surface area (Å²) in [7, 11) is -4.34. The molecule has 0 aliphatic heterocycles. The van der Waals surface area contributed by atoms with Crippen LogP contribution in [0.1, 0.15) is 200 Å². The van der Waals surface area contributed by atoms with Crippen LogP contribution in [0.3, 0.4) is 0 Å². The Kier molecular flexibility index (Phi) is 38.4. The number of unbranched alkanes of at least 4 members (excludes halogenated alkanes) is 24. The van der Waals surface area contributed by atoms with Gasteiger partial charge in [0.15, 0.2) is 0 Å². The molecule has 0 radical (unpaired) electrons. The lowest BCUT2D eigenvalue weighted by Crippen LogP contribution is -2.45. The second-order valence-corrected chi connectivity index (χ2v) is 16.0. The fraction of sp³-hybridized carbons (Fsp3) is 0.837. The Labute approximate surface area is 320 Å². The quantitative estimate of drug-likeness (QED) is 0.0278. The third-order valence-corrected chi connectivity index (χ3v) is 10.4. The maximum atomic E-state index is 12.7. The standard InChI is InChI=1S/C43H83N2O6P/c1-3-5-7-9-11-13-15-16-17-18-19-20-21-22-23-24-25-26-27-29-31-33-35-37-43(47)45-41(40-51-52(48,49)50-39-38-44)42(46)36-34-32-30-28-14-12-10-8-6-4-2/h14,18-19,28,34,36,41-42,46H,3-13,15-17,20-27,29-33,35,37-40,44H2,1-2H3,(H,45,47)(H,48,49)/b19-18-,28-14+,36-34+.